The number of hydrogen-bond acceptors (Lipinski definition) is 3. The number of likely N-dealkylation sites (tertiary alicyclic amines) is 1. The third-order valence-corrected chi connectivity index (χ3v) is 4.20. The van der Waals surface area contributed by atoms with Gasteiger partial charge in [0, 0.05) is 19.0 Å². The first-order valence-electron chi connectivity index (χ1n) is 6.94. The van der Waals surface area contributed by atoms with E-state index in [-0.39, 0.29) is 30.5 Å². The fourth-order valence-electron chi connectivity index (χ4n) is 3.13. The highest BCUT2D eigenvalue weighted by atomic mass is 35.5. The average Bonchev–Trinajstić information content (AvgIpc) is 3.01. The van der Waals surface area contributed by atoms with Gasteiger partial charge in [0.1, 0.15) is 5.75 Å². The Bertz CT molecular complexity index is 470. The molecule has 3 rings (SSSR count). The maximum Gasteiger partial charge on any atom is 0.264 e. The molecule has 20 heavy (non-hydrogen) atoms. The molecule has 2 heterocycles. The van der Waals surface area contributed by atoms with Gasteiger partial charge in [-0.15, -0.1) is 12.4 Å². The molecular weight excluding hydrogens is 276 g/mol. The van der Waals surface area contributed by atoms with Crippen LogP contribution in [0.4, 0.5) is 0 Å². The van der Waals surface area contributed by atoms with Gasteiger partial charge in [-0.1, -0.05) is 18.2 Å². The van der Waals surface area contributed by atoms with Crippen LogP contribution in [0, 0.1) is 5.92 Å². The summed E-state index contributed by atoms with van der Waals surface area (Å²) in [6.07, 6.45) is 1.34. The van der Waals surface area contributed by atoms with Crippen molar-refractivity contribution >= 4 is 18.3 Å². The van der Waals surface area contributed by atoms with E-state index < -0.39 is 0 Å². The van der Waals surface area contributed by atoms with E-state index in [1.165, 1.54) is 0 Å². The Hall–Kier alpha value is -1.26. The molecule has 1 aromatic carbocycles. The molecule has 5 heteroatoms. The molecule has 1 saturated heterocycles. The number of ether oxygens (including phenoxy) is 1. The van der Waals surface area contributed by atoms with Gasteiger partial charge in [-0.2, -0.15) is 0 Å². The smallest absolute Gasteiger partial charge is 0.264 e. The van der Waals surface area contributed by atoms with Gasteiger partial charge in [0.2, 0.25) is 0 Å². The Labute approximate surface area is 125 Å². The SMILES string of the molecule is CC1CC(CN)CN1C(=O)C1Cc2ccccc2O1.Cl. The molecule has 0 radical (unpaired) electrons. The summed E-state index contributed by atoms with van der Waals surface area (Å²) in [4.78, 5) is 14.5. The summed E-state index contributed by atoms with van der Waals surface area (Å²) in [6.45, 7) is 3.52. The highest BCUT2D eigenvalue weighted by Gasteiger charge is 2.38. The van der Waals surface area contributed by atoms with Crippen molar-refractivity contribution in [3.8, 4) is 5.75 Å². The molecule has 3 unspecified atom stereocenters. The molecule has 110 valence electrons. The fourth-order valence-corrected chi connectivity index (χ4v) is 3.13. The molecule has 0 saturated carbocycles. The van der Waals surface area contributed by atoms with Crippen molar-refractivity contribution in [1.29, 1.82) is 0 Å². The second-order valence-electron chi connectivity index (χ2n) is 5.60. The molecule has 3 atom stereocenters. The lowest BCUT2D eigenvalue weighted by Gasteiger charge is -2.24. The van der Waals surface area contributed by atoms with Crippen LogP contribution in [-0.4, -0.2) is 36.0 Å². The Kier molecular flexibility index (Phi) is 4.55. The topological polar surface area (TPSA) is 55.6 Å². The van der Waals surface area contributed by atoms with Crippen LogP contribution in [-0.2, 0) is 11.2 Å². The summed E-state index contributed by atoms with van der Waals surface area (Å²) in [7, 11) is 0. The van der Waals surface area contributed by atoms with Crippen LogP contribution < -0.4 is 10.5 Å². The summed E-state index contributed by atoms with van der Waals surface area (Å²) in [6, 6.07) is 8.15. The van der Waals surface area contributed by atoms with E-state index in [9.17, 15) is 4.79 Å². The number of carbonyl (C=O) groups excluding carboxylic acids is 1. The summed E-state index contributed by atoms with van der Waals surface area (Å²) >= 11 is 0. The molecular formula is C15H21ClN2O2. The van der Waals surface area contributed by atoms with Gasteiger partial charge in [-0.25, -0.2) is 0 Å². The Morgan fingerprint density at radius 3 is 2.85 bits per heavy atom. The molecule has 0 aliphatic carbocycles. The molecule has 2 aliphatic rings. The summed E-state index contributed by atoms with van der Waals surface area (Å²) in [5.74, 6) is 1.39. The van der Waals surface area contributed by atoms with Crippen molar-refractivity contribution in [1.82, 2.24) is 4.90 Å². The van der Waals surface area contributed by atoms with Crippen LogP contribution in [0.25, 0.3) is 0 Å². The van der Waals surface area contributed by atoms with E-state index in [2.05, 4.69) is 6.92 Å². The normalized spacial score (nSPS) is 27.7. The van der Waals surface area contributed by atoms with Crippen LogP contribution in [0.1, 0.15) is 18.9 Å². The Morgan fingerprint density at radius 2 is 2.20 bits per heavy atom. The number of amides is 1. The minimum Gasteiger partial charge on any atom is -0.480 e. The number of hydrogen-bond donors (Lipinski definition) is 1. The van der Waals surface area contributed by atoms with Crippen molar-refractivity contribution in [2.24, 2.45) is 11.7 Å². The number of halogens is 1. The lowest BCUT2D eigenvalue weighted by molar-refractivity contribution is -0.138. The number of nitrogens with zero attached hydrogens (tertiary/aromatic N) is 1. The lowest BCUT2D eigenvalue weighted by Crippen LogP contribution is -2.43. The van der Waals surface area contributed by atoms with Crippen LogP contribution in [0.2, 0.25) is 0 Å². The highest BCUT2D eigenvalue weighted by molar-refractivity contribution is 5.85. The third kappa shape index (κ3) is 2.63. The molecule has 2 aliphatic heterocycles. The minimum absolute atomic E-state index is 0. The highest BCUT2D eigenvalue weighted by Crippen LogP contribution is 2.31. The second-order valence-corrected chi connectivity index (χ2v) is 5.60. The third-order valence-electron chi connectivity index (χ3n) is 4.20. The number of para-hydroxylation sites is 1. The van der Waals surface area contributed by atoms with Crippen LogP contribution in [0.3, 0.4) is 0 Å². The maximum atomic E-state index is 12.5. The number of carbonyl (C=O) groups is 1. The van der Waals surface area contributed by atoms with Crippen LogP contribution in [0.5, 0.6) is 5.75 Å². The molecule has 0 spiro atoms. The fraction of sp³-hybridized carbons (Fsp3) is 0.533. The summed E-state index contributed by atoms with van der Waals surface area (Å²) in [5.41, 5.74) is 6.84. The van der Waals surface area contributed by atoms with E-state index in [1.807, 2.05) is 29.2 Å². The summed E-state index contributed by atoms with van der Waals surface area (Å²) < 4.78 is 5.78. The largest absolute Gasteiger partial charge is 0.480 e. The van der Waals surface area contributed by atoms with Gasteiger partial charge in [0.05, 0.1) is 0 Å². The van der Waals surface area contributed by atoms with E-state index >= 15 is 0 Å². The average molecular weight is 297 g/mol. The second kappa shape index (κ2) is 6.02. The minimum atomic E-state index is -0.351. The van der Waals surface area contributed by atoms with Gasteiger partial charge in [0.15, 0.2) is 6.10 Å². The van der Waals surface area contributed by atoms with E-state index in [1.54, 1.807) is 0 Å². The van der Waals surface area contributed by atoms with E-state index in [4.69, 9.17) is 10.5 Å². The Balaban J connectivity index is 0.00000147. The first-order chi connectivity index (χ1) is 9.19. The van der Waals surface area contributed by atoms with Crippen LogP contribution >= 0.6 is 12.4 Å². The van der Waals surface area contributed by atoms with E-state index in [0.29, 0.717) is 18.9 Å². The van der Waals surface area contributed by atoms with Gasteiger partial charge < -0.3 is 15.4 Å². The number of benzene rings is 1. The molecule has 1 amide bonds. The first kappa shape index (κ1) is 15.1. The van der Waals surface area contributed by atoms with Crippen molar-refractivity contribution < 1.29 is 9.53 Å². The standard InChI is InChI=1S/C15H20N2O2.ClH/c1-10-6-11(8-16)9-17(10)15(18)14-7-12-4-2-3-5-13(12)19-14;/h2-5,10-11,14H,6-9,16H2,1H3;1H. The first-order valence-corrected chi connectivity index (χ1v) is 6.94. The van der Waals surface area contributed by atoms with Gasteiger partial charge >= 0.3 is 0 Å². The van der Waals surface area contributed by atoms with Crippen molar-refractivity contribution in [2.45, 2.75) is 31.9 Å². The van der Waals surface area contributed by atoms with E-state index in [0.717, 1.165) is 24.3 Å². The number of rotatable bonds is 2. The molecule has 2 N–H and O–H groups in total. The van der Waals surface area contributed by atoms with Gasteiger partial charge in [-0.3, -0.25) is 4.79 Å². The molecule has 0 aromatic heterocycles. The quantitative estimate of drug-likeness (QED) is 0.902. The van der Waals surface area contributed by atoms with Crippen molar-refractivity contribution in [2.75, 3.05) is 13.1 Å². The maximum absolute atomic E-state index is 12.5. The molecule has 0 bridgehead atoms. The lowest BCUT2D eigenvalue weighted by atomic mass is 10.1. The zero-order valence-electron chi connectivity index (χ0n) is 11.6. The predicted octanol–water partition coefficient (Wildman–Crippen LogP) is 1.61. The van der Waals surface area contributed by atoms with Crippen molar-refractivity contribution in [3.63, 3.8) is 0 Å². The zero-order valence-corrected chi connectivity index (χ0v) is 12.4. The summed E-state index contributed by atoms with van der Waals surface area (Å²) in [5, 5.41) is 0. The predicted molar refractivity (Wildman–Crippen MR) is 80.1 cm³/mol. The van der Waals surface area contributed by atoms with Gasteiger partial charge in [0.25, 0.3) is 5.91 Å². The van der Waals surface area contributed by atoms with Crippen molar-refractivity contribution in [3.05, 3.63) is 29.8 Å². The van der Waals surface area contributed by atoms with Gasteiger partial charge in [-0.05, 0) is 37.4 Å². The monoisotopic (exact) mass is 296 g/mol. The number of nitrogens with two attached hydrogens (primary N) is 1. The molecule has 1 fully saturated rings. The van der Waals surface area contributed by atoms with Crippen LogP contribution in [0.15, 0.2) is 24.3 Å². The molecule has 4 nitrogen and oxygen atoms in total. The Morgan fingerprint density at radius 1 is 1.45 bits per heavy atom. The number of fused-ring (bicyclic) bond motifs is 1. The molecule has 1 aromatic rings. The zero-order chi connectivity index (χ0) is 13.4.